The number of carbonyl (C=O) groups is 3. The van der Waals surface area contributed by atoms with Crippen LogP contribution < -0.4 is 16.6 Å². The van der Waals surface area contributed by atoms with Crippen molar-refractivity contribution in [2.45, 2.75) is 6.42 Å². The van der Waals surface area contributed by atoms with Crippen molar-refractivity contribution in [3.63, 3.8) is 0 Å². The van der Waals surface area contributed by atoms with Gasteiger partial charge in [0.1, 0.15) is 5.69 Å². The first-order valence-electron chi connectivity index (χ1n) is 7.04. The molecule has 1 aromatic carbocycles. The first kappa shape index (κ1) is 15.4. The molecule has 0 fully saturated rings. The van der Waals surface area contributed by atoms with Crippen LogP contribution in [-0.4, -0.2) is 39.1 Å². The molecule has 1 aliphatic rings. The molecule has 2 heterocycles. The fraction of sp³-hybridized carbons (Fsp3) is 0.133. The molecule has 3 N–H and O–H groups in total. The Morgan fingerprint density at radius 2 is 1.67 bits per heavy atom. The number of imide groups is 1. The number of aromatic amines is 2. The summed E-state index contributed by atoms with van der Waals surface area (Å²) in [7, 11) is 0. The fourth-order valence-electron chi connectivity index (χ4n) is 2.37. The number of H-pyrrole nitrogens is 2. The Morgan fingerprint density at radius 1 is 1.04 bits per heavy atom. The quantitative estimate of drug-likeness (QED) is 0.662. The van der Waals surface area contributed by atoms with Gasteiger partial charge in [-0.15, -0.1) is 0 Å². The molecule has 0 spiro atoms. The highest BCUT2D eigenvalue weighted by Crippen LogP contribution is 2.22. The van der Waals surface area contributed by atoms with Gasteiger partial charge in [0, 0.05) is 19.2 Å². The number of benzene rings is 1. The van der Waals surface area contributed by atoms with E-state index in [0.717, 1.165) is 11.1 Å². The highest BCUT2D eigenvalue weighted by Gasteiger charge is 2.34. The average Bonchev–Trinajstić information content (AvgIpc) is 2.80. The number of rotatable bonds is 4. The molecule has 0 bridgehead atoms. The summed E-state index contributed by atoms with van der Waals surface area (Å²) in [6.07, 6.45) is 0.894. The lowest BCUT2D eigenvalue weighted by atomic mass is 10.1. The molecule has 0 saturated heterocycles. The first-order valence-corrected chi connectivity index (χ1v) is 7.04. The zero-order valence-electron chi connectivity index (χ0n) is 12.3. The predicted octanol–water partition coefficient (Wildman–Crippen LogP) is -0.312. The second kappa shape index (κ2) is 5.95. The molecule has 0 saturated carbocycles. The smallest absolute Gasteiger partial charge is 0.320 e. The highest BCUT2D eigenvalue weighted by molar-refractivity contribution is 6.21. The maximum atomic E-state index is 12.1. The van der Waals surface area contributed by atoms with Crippen LogP contribution in [0.1, 0.15) is 27.1 Å². The van der Waals surface area contributed by atoms with Gasteiger partial charge in [-0.3, -0.25) is 29.1 Å². The van der Waals surface area contributed by atoms with Crippen LogP contribution in [0.15, 0.2) is 40.1 Å². The number of anilines is 1. The average molecular weight is 328 g/mol. The summed E-state index contributed by atoms with van der Waals surface area (Å²) in [4.78, 5) is 63.7. The molecule has 1 aliphatic heterocycles. The van der Waals surface area contributed by atoms with Crippen molar-refractivity contribution in [2.24, 2.45) is 0 Å². The van der Waals surface area contributed by atoms with E-state index in [0.29, 0.717) is 11.1 Å². The molecule has 0 radical (unpaired) electrons. The molecule has 122 valence electrons. The normalized spacial score (nSPS) is 13.1. The number of hydrogen-bond donors (Lipinski definition) is 3. The third kappa shape index (κ3) is 2.74. The lowest BCUT2D eigenvalue weighted by molar-refractivity contribution is -0.116. The Hall–Kier alpha value is -3.49. The van der Waals surface area contributed by atoms with E-state index in [4.69, 9.17) is 0 Å². The standard InChI is InChI=1S/C15H12N4O5/c20-11(17-10-7-16-15(24)18-12(10)21)5-6-19-13(22)8-3-1-2-4-9(8)14(19)23/h1-4,7H,5-6H2,(H,17,20)(H2,16,18,21,24). The molecule has 24 heavy (non-hydrogen) atoms. The molecular weight excluding hydrogens is 316 g/mol. The van der Waals surface area contributed by atoms with E-state index >= 15 is 0 Å². The highest BCUT2D eigenvalue weighted by atomic mass is 16.2. The molecular formula is C15H12N4O5. The van der Waals surface area contributed by atoms with Crippen LogP contribution in [0.25, 0.3) is 0 Å². The summed E-state index contributed by atoms with van der Waals surface area (Å²) in [5, 5.41) is 2.31. The second-order valence-electron chi connectivity index (χ2n) is 5.09. The SMILES string of the molecule is O=C(CCN1C(=O)c2ccccc2C1=O)Nc1c[nH]c(=O)[nH]c1=O. The topological polar surface area (TPSA) is 132 Å². The van der Waals surface area contributed by atoms with Crippen molar-refractivity contribution >= 4 is 23.4 Å². The minimum absolute atomic E-state index is 0.112. The van der Waals surface area contributed by atoms with Crippen molar-refractivity contribution in [3.05, 3.63) is 62.4 Å². The van der Waals surface area contributed by atoms with Gasteiger partial charge < -0.3 is 10.3 Å². The Bertz CT molecular complexity index is 924. The van der Waals surface area contributed by atoms with Crippen molar-refractivity contribution in [2.75, 3.05) is 11.9 Å². The van der Waals surface area contributed by atoms with E-state index in [1.54, 1.807) is 24.3 Å². The van der Waals surface area contributed by atoms with E-state index in [1.165, 1.54) is 0 Å². The van der Waals surface area contributed by atoms with Gasteiger partial charge in [0.25, 0.3) is 17.4 Å². The third-order valence-electron chi connectivity index (χ3n) is 3.53. The van der Waals surface area contributed by atoms with Crippen LogP contribution in [0.2, 0.25) is 0 Å². The number of fused-ring (bicyclic) bond motifs is 1. The van der Waals surface area contributed by atoms with Crippen molar-refractivity contribution in [3.8, 4) is 0 Å². The van der Waals surface area contributed by atoms with E-state index in [2.05, 4.69) is 10.3 Å². The van der Waals surface area contributed by atoms with Gasteiger partial charge in [0.05, 0.1) is 11.1 Å². The van der Waals surface area contributed by atoms with Gasteiger partial charge in [-0.05, 0) is 12.1 Å². The Labute approximate surface area is 134 Å². The molecule has 9 nitrogen and oxygen atoms in total. The number of aromatic nitrogens is 2. The minimum atomic E-state index is -0.743. The van der Waals surface area contributed by atoms with Gasteiger partial charge >= 0.3 is 5.69 Å². The molecule has 0 unspecified atom stereocenters. The molecule has 1 aromatic heterocycles. The van der Waals surface area contributed by atoms with E-state index in [9.17, 15) is 24.0 Å². The van der Waals surface area contributed by atoms with E-state index < -0.39 is 29.0 Å². The Balaban J connectivity index is 1.65. The molecule has 3 rings (SSSR count). The van der Waals surface area contributed by atoms with E-state index in [-0.39, 0.29) is 18.7 Å². The van der Waals surface area contributed by atoms with Gasteiger partial charge in [-0.2, -0.15) is 0 Å². The van der Waals surface area contributed by atoms with Crippen LogP contribution in [0.3, 0.4) is 0 Å². The molecule has 9 heteroatoms. The van der Waals surface area contributed by atoms with Gasteiger partial charge in [-0.25, -0.2) is 4.79 Å². The van der Waals surface area contributed by atoms with Crippen LogP contribution in [0.4, 0.5) is 5.69 Å². The van der Waals surface area contributed by atoms with Crippen molar-refractivity contribution < 1.29 is 14.4 Å². The lowest BCUT2D eigenvalue weighted by Crippen LogP contribution is -2.33. The molecule has 0 aliphatic carbocycles. The maximum Gasteiger partial charge on any atom is 0.325 e. The lowest BCUT2D eigenvalue weighted by Gasteiger charge is -2.13. The molecule has 3 amide bonds. The van der Waals surface area contributed by atoms with Gasteiger partial charge in [0.15, 0.2) is 0 Å². The number of carbonyl (C=O) groups excluding carboxylic acids is 3. The predicted molar refractivity (Wildman–Crippen MR) is 82.7 cm³/mol. The zero-order chi connectivity index (χ0) is 17.3. The number of nitrogens with zero attached hydrogens (tertiary/aromatic N) is 1. The summed E-state index contributed by atoms with van der Waals surface area (Å²) in [5.41, 5.74) is -0.946. The van der Waals surface area contributed by atoms with Crippen LogP contribution in [0, 0.1) is 0 Å². The largest absolute Gasteiger partial charge is 0.325 e. The second-order valence-corrected chi connectivity index (χ2v) is 5.09. The Kier molecular flexibility index (Phi) is 3.82. The van der Waals surface area contributed by atoms with Crippen molar-refractivity contribution in [1.82, 2.24) is 14.9 Å². The van der Waals surface area contributed by atoms with Gasteiger partial charge in [-0.1, -0.05) is 12.1 Å². The fourth-order valence-corrected chi connectivity index (χ4v) is 2.37. The summed E-state index contributed by atoms with van der Waals surface area (Å²) in [6.45, 7) is -0.112. The summed E-state index contributed by atoms with van der Waals surface area (Å²) >= 11 is 0. The van der Waals surface area contributed by atoms with Gasteiger partial charge in [0.2, 0.25) is 5.91 Å². The Morgan fingerprint density at radius 3 is 2.25 bits per heavy atom. The summed E-state index contributed by atoms with van der Waals surface area (Å²) in [6, 6.07) is 6.41. The maximum absolute atomic E-state index is 12.1. The monoisotopic (exact) mass is 328 g/mol. The summed E-state index contributed by atoms with van der Waals surface area (Å²) < 4.78 is 0. The summed E-state index contributed by atoms with van der Waals surface area (Å²) in [5.74, 6) is -1.47. The van der Waals surface area contributed by atoms with E-state index in [1.807, 2.05) is 4.98 Å². The minimum Gasteiger partial charge on any atom is -0.320 e. The zero-order valence-corrected chi connectivity index (χ0v) is 12.3. The third-order valence-corrected chi connectivity index (χ3v) is 3.53. The number of hydrogen-bond acceptors (Lipinski definition) is 5. The van der Waals surface area contributed by atoms with Crippen LogP contribution in [0.5, 0.6) is 0 Å². The van der Waals surface area contributed by atoms with Crippen LogP contribution in [-0.2, 0) is 4.79 Å². The number of amides is 3. The molecule has 0 atom stereocenters. The molecule has 2 aromatic rings. The number of nitrogens with one attached hydrogen (secondary N) is 3. The van der Waals surface area contributed by atoms with Crippen molar-refractivity contribution in [1.29, 1.82) is 0 Å². The first-order chi connectivity index (χ1) is 11.5. The van der Waals surface area contributed by atoms with Crippen LogP contribution >= 0.6 is 0 Å².